The van der Waals surface area contributed by atoms with E-state index in [1.807, 2.05) is 66.7 Å². The monoisotopic (exact) mass is 595 g/mol. The molecule has 0 bridgehead atoms. The summed E-state index contributed by atoms with van der Waals surface area (Å²) in [6.07, 6.45) is 5.78. The maximum atomic E-state index is 12.0. The first-order valence-corrected chi connectivity index (χ1v) is 15.4. The summed E-state index contributed by atoms with van der Waals surface area (Å²) in [4.78, 5) is 23.5. The van der Waals surface area contributed by atoms with Crippen LogP contribution in [0.25, 0.3) is 0 Å². The number of carbonyl (C=O) groups excluding carboxylic acids is 2. The van der Waals surface area contributed by atoms with Gasteiger partial charge in [-0.1, -0.05) is 84.4 Å². The van der Waals surface area contributed by atoms with Gasteiger partial charge in [-0.15, -0.1) is 0 Å². The highest BCUT2D eigenvalue weighted by Gasteiger charge is 2.41. The van der Waals surface area contributed by atoms with Crippen LogP contribution in [0.15, 0.2) is 36.0 Å². The molecule has 42 heavy (non-hydrogen) atoms. The molecule has 1 aliphatic heterocycles. The van der Waals surface area contributed by atoms with Crippen molar-refractivity contribution < 1.29 is 39.5 Å². The third-order valence-electron chi connectivity index (χ3n) is 8.74. The Bertz CT molecular complexity index is 933. The highest BCUT2D eigenvalue weighted by molar-refractivity contribution is 5.73. The van der Waals surface area contributed by atoms with Gasteiger partial charge in [0.15, 0.2) is 0 Å². The van der Waals surface area contributed by atoms with E-state index in [0.717, 1.165) is 12.0 Å². The number of allylic oxidation sites excluding steroid dienone is 2. The predicted molar refractivity (Wildman–Crippen MR) is 164 cm³/mol. The zero-order valence-electron chi connectivity index (χ0n) is 27.0. The lowest BCUT2D eigenvalue weighted by Crippen LogP contribution is -2.47. The Morgan fingerprint density at radius 1 is 1.00 bits per heavy atom. The van der Waals surface area contributed by atoms with E-state index < -0.39 is 54.6 Å². The summed E-state index contributed by atoms with van der Waals surface area (Å²) in [6.45, 7) is 16.9. The van der Waals surface area contributed by atoms with Crippen LogP contribution in [-0.4, -0.2) is 69.1 Å². The summed E-state index contributed by atoms with van der Waals surface area (Å²) < 4.78 is 10.8. The minimum absolute atomic E-state index is 0.106. The van der Waals surface area contributed by atoms with E-state index in [0.29, 0.717) is 6.42 Å². The number of esters is 1. The number of cyclic esters (lactones) is 1. The van der Waals surface area contributed by atoms with E-state index in [9.17, 15) is 30.0 Å². The van der Waals surface area contributed by atoms with Gasteiger partial charge in [0.2, 0.25) is 0 Å². The first-order chi connectivity index (χ1) is 19.5. The van der Waals surface area contributed by atoms with Gasteiger partial charge < -0.3 is 35.6 Å². The van der Waals surface area contributed by atoms with Crippen molar-refractivity contribution in [3.63, 3.8) is 0 Å². The number of aliphatic hydroxyl groups excluding tert-OH is 4. The highest BCUT2D eigenvalue weighted by atomic mass is 16.6. The number of aliphatic hydroxyl groups is 4. The third kappa shape index (κ3) is 11.5. The molecule has 0 aromatic carbocycles. The first-order valence-electron chi connectivity index (χ1n) is 15.4. The minimum Gasteiger partial charge on any atom is -0.462 e. The molecule has 13 atom stereocenters. The number of hydrogen-bond donors (Lipinski definition) is 5. The Kier molecular flexibility index (Phi) is 16.0. The molecule has 1 rings (SSSR count). The number of nitrogens with two attached hydrogens (primary N) is 1. The van der Waals surface area contributed by atoms with E-state index >= 15 is 0 Å². The van der Waals surface area contributed by atoms with Crippen LogP contribution in [0.5, 0.6) is 0 Å². The van der Waals surface area contributed by atoms with Gasteiger partial charge in [0, 0.05) is 36.0 Å². The molecule has 0 unspecified atom stereocenters. The van der Waals surface area contributed by atoms with Gasteiger partial charge in [-0.2, -0.15) is 0 Å². The number of carbonyl (C=O) groups is 2. The Morgan fingerprint density at radius 3 is 2.19 bits per heavy atom. The molecule has 9 nitrogen and oxygen atoms in total. The molecule has 0 aliphatic carbocycles. The van der Waals surface area contributed by atoms with E-state index in [-0.39, 0.29) is 41.9 Å². The molecule has 0 spiro atoms. The quantitative estimate of drug-likeness (QED) is 0.129. The Labute approximate surface area is 252 Å². The van der Waals surface area contributed by atoms with Crippen LogP contribution >= 0.6 is 0 Å². The average Bonchev–Trinajstić information content (AvgIpc) is 2.93. The largest absolute Gasteiger partial charge is 0.462 e. The van der Waals surface area contributed by atoms with Crippen LogP contribution in [0.2, 0.25) is 0 Å². The fourth-order valence-corrected chi connectivity index (χ4v) is 5.90. The lowest BCUT2D eigenvalue weighted by Gasteiger charge is -2.36. The molecular formula is C33H57NO8. The zero-order valence-corrected chi connectivity index (χ0v) is 27.0. The topological polar surface area (TPSA) is 160 Å². The second kappa shape index (κ2) is 17.8. The molecule has 0 radical (unpaired) electrons. The summed E-state index contributed by atoms with van der Waals surface area (Å²) in [5.74, 6) is -2.37. The van der Waals surface area contributed by atoms with Crippen molar-refractivity contribution in [1.82, 2.24) is 0 Å². The van der Waals surface area contributed by atoms with Crippen LogP contribution in [-0.2, 0) is 14.3 Å². The highest BCUT2D eigenvalue weighted by Crippen LogP contribution is 2.30. The number of hydrogen-bond acceptors (Lipinski definition) is 8. The second-order valence-electron chi connectivity index (χ2n) is 12.7. The molecule has 1 heterocycles. The Morgan fingerprint density at radius 2 is 1.62 bits per heavy atom. The average molecular weight is 596 g/mol. The Hall–Kier alpha value is -2.20. The van der Waals surface area contributed by atoms with Gasteiger partial charge in [-0.25, -0.2) is 4.79 Å². The molecule has 0 saturated carbocycles. The van der Waals surface area contributed by atoms with Crippen LogP contribution < -0.4 is 5.73 Å². The zero-order chi connectivity index (χ0) is 32.3. The number of rotatable bonds is 16. The predicted octanol–water partition coefficient (Wildman–Crippen LogP) is 4.52. The van der Waals surface area contributed by atoms with Gasteiger partial charge >= 0.3 is 12.1 Å². The van der Waals surface area contributed by atoms with Crippen molar-refractivity contribution in [1.29, 1.82) is 0 Å². The molecule has 0 aromatic rings. The SMILES string of the molecule is CCC=C[C@H](C)[C@H](OC(N)=O)[C@@H](C)[C@H](O)[C@@H](C)CC(C)=C[C@H](C)[C@@H](O)[C@@H](C)C=C[C@@H](O)C[C@@H]1OC(=O)[C@H](C)[C@@H](O)[C@H]1C. The van der Waals surface area contributed by atoms with Crippen molar-refractivity contribution in [2.45, 2.75) is 118 Å². The lowest BCUT2D eigenvalue weighted by molar-refractivity contribution is -0.179. The fraction of sp³-hybridized carbons (Fsp3) is 0.758. The summed E-state index contributed by atoms with van der Waals surface area (Å²) in [7, 11) is 0. The smallest absolute Gasteiger partial charge is 0.404 e. The van der Waals surface area contributed by atoms with Crippen molar-refractivity contribution in [3.8, 4) is 0 Å². The van der Waals surface area contributed by atoms with Crippen LogP contribution in [0.1, 0.15) is 81.6 Å². The summed E-state index contributed by atoms with van der Waals surface area (Å²) in [5.41, 5.74) is 6.33. The molecule has 1 saturated heterocycles. The fourth-order valence-electron chi connectivity index (χ4n) is 5.90. The van der Waals surface area contributed by atoms with Crippen molar-refractivity contribution in [2.24, 2.45) is 47.2 Å². The molecule has 1 aliphatic rings. The maximum Gasteiger partial charge on any atom is 0.404 e. The standard InChI is InChI=1S/C33H57NO8/c1-10-11-12-20(4)31(42-33(34)40)24(8)29(37)22(6)16-18(2)15-21(5)28(36)19(3)13-14-26(35)17-27-23(7)30(38)25(9)32(39)41-27/h11-15,19-31,35-38H,10,16-17H2,1-9H3,(H2,34,40)/t19-,20-,21-,22-,23-,24-,25+,26+,27-,28-,29+,30-,31-/m0/s1. The molecule has 1 fully saturated rings. The van der Waals surface area contributed by atoms with Crippen molar-refractivity contribution in [3.05, 3.63) is 36.0 Å². The van der Waals surface area contributed by atoms with Gasteiger partial charge in [-0.3, -0.25) is 4.79 Å². The summed E-state index contributed by atoms with van der Waals surface area (Å²) in [6, 6.07) is 0. The summed E-state index contributed by atoms with van der Waals surface area (Å²) in [5, 5.41) is 42.8. The number of ether oxygens (including phenoxy) is 2. The van der Waals surface area contributed by atoms with Crippen molar-refractivity contribution in [2.75, 3.05) is 0 Å². The van der Waals surface area contributed by atoms with Crippen molar-refractivity contribution >= 4 is 12.1 Å². The molecule has 242 valence electrons. The van der Waals surface area contributed by atoms with E-state index in [2.05, 4.69) is 0 Å². The van der Waals surface area contributed by atoms with E-state index in [1.165, 1.54) is 0 Å². The van der Waals surface area contributed by atoms with E-state index in [1.54, 1.807) is 26.0 Å². The molecule has 6 N–H and O–H groups in total. The van der Waals surface area contributed by atoms with Crippen LogP contribution in [0.4, 0.5) is 4.79 Å². The minimum atomic E-state index is -0.889. The normalized spacial score (nSPS) is 28.4. The summed E-state index contributed by atoms with van der Waals surface area (Å²) >= 11 is 0. The first kappa shape index (κ1) is 37.8. The second-order valence-corrected chi connectivity index (χ2v) is 12.7. The van der Waals surface area contributed by atoms with E-state index in [4.69, 9.17) is 15.2 Å². The van der Waals surface area contributed by atoms with Gasteiger partial charge in [-0.05, 0) is 32.6 Å². The number of primary amides is 1. The third-order valence-corrected chi connectivity index (χ3v) is 8.74. The molecule has 9 heteroatoms. The van der Waals surface area contributed by atoms with Crippen LogP contribution in [0, 0.1) is 41.4 Å². The lowest BCUT2D eigenvalue weighted by atomic mass is 9.81. The van der Waals surface area contributed by atoms with Gasteiger partial charge in [0.25, 0.3) is 0 Å². The van der Waals surface area contributed by atoms with Gasteiger partial charge in [0.1, 0.15) is 12.2 Å². The molecular weight excluding hydrogens is 538 g/mol. The maximum absolute atomic E-state index is 12.0. The molecule has 0 aromatic heterocycles. The number of amides is 1. The van der Waals surface area contributed by atoms with Crippen LogP contribution in [0.3, 0.4) is 0 Å². The van der Waals surface area contributed by atoms with Gasteiger partial charge in [0.05, 0.1) is 30.3 Å². The molecule has 1 amide bonds. The Balaban J connectivity index is 2.76.